The van der Waals surface area contributed by atoms with Crippen LogP contribution in [0.5, 0.6) is 0 Å². The number of urea groups is 1. The molecule has 1 heterocycles. The SMILES string of the molecule is Cc1cnn(-c2ccc(NC(=O)NC(C)(C)CCC(=O)O)cc2F)c1. The second-order valence-corrected chi connectivity index (χ2v) is 6.49. The van der Waals surface area contributed by atoms with Crippen molar-refractivity contribution in [2.45, 2.75) is 39.2 Å². The third-order valence-corrected chi connectivity index (χ3v) is 3.58. The molecular formula is C17H21FN4O3. The number of carboxylic acid groups (broad SMARTS) is 1. The number of rotatable bonds is 6. The molecular weight excluding hydrogens is 327 g/mol. The zero-order chi connectivity index (χ0) is 18.6. The van der Waals surface area contributed by atoms with Crippen molar-refractivity contribution in [3.05, 3.63) is 42.0 Å². The zero-order valence-electron chi connectivity index (χ0n) is 14.3. The summed E-state index contributed by atoms with van der Waals surface area (Å²) >= 11 is 0. The third kappa shape index (κ3) is 5.30. The molecule has 0 aliphatic carbocycles. The summed E-state index contributed by atoms with van der Waals surface area (Å²) in [6, 6.07) is 3.76. The van der Waals surface area contributed by atoms with Crippen molar-refractivity contribution >= 4 is 17.7 Å². The molecule has 0 aliphatic heterocycles. The lowest BCUT2D eigenvalue weighted by atomic mass is 9.99. The van der Waals surface area contributed by atoms with Gasteiger partial charge in [-0.05, 0) is 51.0 Å². The van der Waals surface area contributed by atoms with Gasteiger partial charge in [-0.3, -0.25) is 4.79 Å². The first-order valence-corrected chi connectivity index (χ1v) is 7.78. The maximum atomic E-state index is 14.2. The summed E-state index contributed by atoms with van der Waals surface area (Å²) in [4.78, 5) is 22.7. The second-order valence-electron chi connectivity index (χ2n) is 6.49. The molecule has 2 amide bonds. The number of halogens is 1. The molecule has 7 nitrogen and oxygen atoms in total. The number of benzene rings is 1. The van der Waals surface area contributed by atoms with Gasteiger partial charge in [0.25, 0.3) is 0 Å². The van der Waals surface area contributed by atoms with Gasteiger partial charge in [0, 0.05) is 23.8 Å². The van der Waals surface area contributed by atoms with E-state index in [2.05, 4.69) is 15.7 Å². The number of amides is 2. The highest BCUT2D eigenvalue weighted by Crippen LogP contribution is 2.19. The molecule has 2 aromatic rings. The number of carbonyl (C=O) groups is 2. The average Bonchev–Trinajstić information content (AvgIpc) is 2.91. The highest BCUT2D eigenvalue weighted by molar-refractivity contribution is 5.89. The van der Waals surface area contributed by atoms with Gasteiger partial charge >= 0.3 is 12.0 Å². The third-order valence-electron chi connectivity index (χ3n) is 3.58. The first-order chi connectivity index (χ1) is 11.7. The van der Waals surface area contributed by atoms with Gasteiger partial charge in [0.05, 0.1) is 6.20 Å². The van der Waals surface area contributed by atoms with Gasteiger partial charge in [-0.15, -0.1) is 0 Å². The lowest BCUT2D eigenvalue weighted by Crippen LogP contribution is -2.45. The summed E-state index contributed by atoms with van der Waals surface area (Å²) in [5.41, 5.74) is 0.773. The van der Waals surface area contributed by atoms with E-state index in [1.807, 2.05) is 6.92 Å². The van der Waals surface area contributed by atoms with Crippen LogP contribution in [-0.2, 0) is 4.79 Å². The van der Waals surface area contributed by atoms with Crippen molar-refractivity contribution in [3.63, 3.8) is 0 Å². The van der Waals surface area contributed by atoms with Crippen molar-refractivity contribution in [2.75, 3.05) is 5.32 Å². The van der Waals surface area contributed by atoms with Crippen LogP contribution in [0.25, 0.3) is 5.69 Å². The molecule has 3 N–H and O–H groups in total. The van der Waals surface area contributed by atoms with Crippen LogP contribution in [0.3, 0.4) is 0 Å². The number of hydrogen-bond donors (Lipinski definition) is 3. The standard InChI is InChI=1S/C17H21FN4O3/c1-11-9-19-22(10-11)14-5-4-12(8-13(14)18)20-16(25)21-17(2,3)7-6-15(23)24/h4-5,8-10H,6-7H2,1-3H3,(H,23,24)(H2,20,21,25). The molecule has 0 atom stereocenters. The second kappa shape index (κ2) is 7.33. The van der Waals surface area contributed by atoms with Gasteiger partial charge < -0.3 is 15.7 Å². The summed E-state index contributed by atoms with van der Waals surface area (Å²) in [6.07, 6.45) is 3.54. The van der Waals surface area contributed by atoms with Crippen LogP contribution >= 0.6 is 0 Å². The van der Waals surface area contributed by atoms with Gasteiger partial charge in [-0.1, -0.05) is 0 Å². The van der Waals surface area contributed by atoms with E-state index in [1.54, 1.807) is 32.3 Å². The van der Waals surface area contributed by atoms with Crippen molar-refractivity contribution in [3.8, 4) is 5.69 Å². The molecule has 25 heavy (non-hydrogen) atoms. The van der Waals surface area contributed by atoms with Gasteiger partial charge in [0.15, 0.2) is 5.82 Å². The molecule has 1 aromatic heterocycles. The summed E-state index contributed by atoms with van der Waals surface area (Å²) < 4.78 is 15.7. The number of aryl methyl sites for hydroxylation is 1. The van der Waals surface area contributed by atoms with E-state index >= 15 is 0 Å². The summed E-state index contributed by atoms with van der Waals surface area (Å²) in [7, 11) is 0. The normalized spacial score (nSPS) is 11.2. The van der Waals surface area contributed by atoms with E-state index in [4.69, 9.17) is 5.11 Å². The van der Waals surface area contributed by atoms with E-state index in [-0.39, 0.29) is 24.2 Å². The maximum absolute atomic E-state index is 14.2. The predicted molar refractivity (Wildman–Crippen MR) is 91.4 cm³/mol. The molecule has 0 fully saturated rings. The van der Waals surface area contributed by atoms with E-state index in [0.717, 1.165) is 5.56 Å². The van der Waals surface area contributed by atoms with Crippen LogP contribution in [-0.4, -0.2) is 32.4 Å². The van der Waals surface area contributed by atoms with Crippen LogP contribution in [0.4, 0.5) is 14.9 Å². The topological polar surface area (TPSA) is 96.3 Å². The van der Waals surface area contributed by atoms with Gasteiger partial charge in [-0.2, -0.15) is 5.10 Å². The Morgan fingerprint density at radius 2 is 2.08 bits per heavy atom. The molecule has 0 bridgehead atoms. The Morgan fingerprint density at radius 1 is 1.36 bits per heavy atom. The van der Waals surface area contributed by atoms with E-state index in [9.17, 15) is 14.0 Å². The Hall–Kier alpha value is -2.90. The first-order valence-electron chi connectivity index (χ1n) is 7.78. The number of carboxylic acids is 1. The highest BCUT2D eigenvalue weighted by atomic mass is 19.1. The molecule has 2 rings (SSSR count). The fourth-order valence-corrected chi connectivity index (χ4v) is 2.27. The molecule has 8 heteroatoms. The van der Waals surface area contributed by atoms with Crippen molar-refractivity contribution < 1.29 is 19.1 Å². The quantitative estimate of drug-likeness (QED) is 0.747. The Kier molecular flexibility index (Phi) is 5.41. The van der Waals surface area contributed by atoms with Gasteiger partial charge in [-0.25, -0.2) is 13.9 Å². The summed E-state index contributed by atoms with van der Waals surface area (Å²) in [6.45, 7) is 5.30. The predicted octanol–water partition coefficient (Wildman–Crippen LogP) is 3.08. The average molecular weight is 348 g/mol. The van der Waals surface area contributed by atoms with Crippen molar-refractivity contribution in [1.82, 2.24) is 15.1 Å². The minimum Gasteiger partial charge on any atom is -0.481 e. The molecule has 0 aliphatic rings. The molecule has 1 aromatic carbocycles. The number of carbonyl (C=O) groups excluding carboxylic acids is 1. The fourth-order valence-electron chi connectivity index (χ4n) is 2.27. The first kappa shape index (κ1) is 18.4. The van der Waals surface area contributed by atoms with Crippen LogP contribution in [0.15, 0.2) is 30.6 Å². The smallest absolute Gasteiger partial charge is 0.319 e. The molecule has 0 spiro atoms. The van der Waals surface area contributed by atoms with Crippen LogP contribution in [0.1, 0.15) is 32.3 Å². The Balaban J connectivity index is 2.01. The lowest BCUT2D eigenvalue weighted by Gasteiger charge is -2.25. The minimum atomic E-state index is -0.929. The largest absolute Gasteiger partial charge is 0.481 e. The Morgan fingerprint density at radius 3 is 2.64 bits per heavy atom. The molecule has 0 saturated carbocycles. The maximum Gasteiger partial charge on any atom is 0.319 e. The van der Waals surface area contributed by atoms with E-state index in [1.165, 1.54) is 16.8 Å². The minimum absolute atomic E-state index is 0.0557. The van der Waals surface area contributed by atoms with Crippen LogP contribution in [0.2, 0.25) is 0 Å². The molecule has 0 saturated heterocycles. The number of nitrogens with one attached hydrogen (secondary N) is 2. The number of aliphatic carboxylic acids is 1. The van der Waals surface area contributed by atoms with Crippen molar-refractivity contribution in [1.29, 1.82) is 0 Å². The fraction of sp³-hybridized carbons (Fsp3) is 0.353. The van der Waals surface area contributed by atoms with Crippen LogP contribution < -0.4 is 10.6 Å². The van der Waals surface area contributed by atoms with Crippen molar-refractivity contribution in [2.24, 2.45) is 0 Å². The highest BCUT2D eigenvalue weighted by Gasteiger charge is 2.21. The summed E-state index contributed by atoms with van der Waals surface area (Å²) in [5, 5.41) is 18.0. The molecule has 134 valence electrons. The zero-order valence-corrected chi connectivity index (χ0v) is 14.3. The van der Waals surface area contributed by atoms with E-state index in [0.29, 0.717) is 0 Å². The molecule has 0 unspecified atom stereocenters. The lowest BCUT2D eigenvalue weighted by molar-refractivity contribution is -0.137. The van der Waals surface area contributed by atoms with Gasteiger partial charge in [0.2, 0.25) is 0 Å². The monoisotopic (exact) mass is 348 g/mol. The molecule has 0 radical (unpaired) electrons. The number of hydrogen-bond acceptors (Lipinski definition) is 3. The Labute approximate surface area is 144 Å². The Bertz CT molecular complexity index is 786. The number of anilines is 1. The van der Waals surface area contributed by atoms with Crippen LogP contribution in [0, 0.1) is 12.7 Å². The summed E-state index contributed by atoms with van der Waals surface area (Å²) in [5.74, 6) is -1.45. The number of aromatic nitrogens is 2. The number of nitrogens with zero attached hydrogens (tertiary/aromatic N) is 2. The van der Waals surface area contributed by atoms with Gasteiger partial charge in [0.1, 0.15) is 5.69 Å². The van der Waals surface area contributed by atoms with E-state index < -0.39 is 23.4 Å².